The number of pyridine rings is 1. The summed E-state index contributed by atoms with van der Waals surface area (Å²) >= 11 is 1.44. The first-order chi connectivity index (χ1) is 36.6. The van der Waals surface area contributed by atoms with Crippen molar-refractivity contribution in [1.82, 2.24) is 30.0 Å². The molecular weight excluding hydrogens is 983 g/mol. The molecule has 3 atom stereocenters. The van der Waals surface area contributed by atoms with Crippen LogP contribution >= 0.6 is 11.3 Å². The zero-order chi connectivity index (χ0) is 52.8. The highest BCUT2D eigenvalue weighted by Gasteiger charge is 2.42. The summed E-state index contributed by atoms with van der Waals surface area (Å²) in [6.45, 7) is 9.50. The van der Waals surface area contributed by atoms with Crippen molar-refractivity contribution >= 4 is 78.7 Å². The van der Waals surface area contributed by atoms with Gasteiger partial charge in [-0.15, -0.1) is 0 Å². The van der Waals surface area contributed by atoms with Gasteiger partial charge in [0, 0.05) is 55.2 Å². The van der Waals surface area contributed by atoms with Crippen LogP contribution in [-0.4, -0.2) is 104 Å². The maximum Gasteiger partial charge on any atom is 0.358 e. The summed E-state index contributed by atoms with van der Waals surface area (Å²) in [5, 5.41) is 14.6. The van der Waals surface area contributed by atoms with Gasteiger partial charge in [-0.25, -0.2) is 14.8 Å². The molecule has 3 fully saturated rings. The van der Waals surface area contributed by atoms with E-state index >= 15 is 0 Å². The van der Waals surface area contributed by atoms with Crippen LogP contribution in [0.5, 0.6) is 5.75 Å². The Morgan fingerprint density at radius 1 is 0.842 bits per heavy atom. The third-order valence-corrected chi connectivity index (χ3v) is 16.0. The van der Waals surface area contributed by atoms with Gasteiger partial charge in [-0.3, -0.25) is 39.4 Å². The smallest absolute Gasteiger partial charge is 0.358 e. The normalized spacial score (nSPS) is 19.6. The van der Waals surface area contributed by atoms with Crippen molar-refractivity contribution in [3.63, 3.8) is 0 Å². The Bertz CT molecular complexity index is 3390. The SMILES string of the molecule is Cc1c(OCCOC2CC3CCC(C2)N3CC(=O)Nc2cccc3c(C4CCC(=O)NC4=O)nn(C)c23)cccc1-c1ccc(N2CCc3cccc(C(=O)Nc4nc5ccccc5s4)c3C2)nc1C(=O)OC(C)(C)C. The Kier molecular flexibility index (Phi) is 13.9. The minimum Gasteiger partial charge on any atom is -0.491 e. The average Bonchev–Trinajstić information content (AvgIpc) is 4.06. The largest absolute Gasteiger partial charge is 0.491 e. The summed E-state index contributed by atoms with van der Waals surface area (Å²) in [6, 6.07) is 29.3. The summed E-state index contributed by atoms with van der Waals surface area (Å²) in [4.78, 5) is 80.1. The van der Waals surface area contributed by atoms with Crippen molar-refractivity contribution in [3.05, 3.63) is 125 Å². The molecule has 3 aromatic heterocycles. The van der Waals surface area contributed by atoms with Gasteiger partial charge in [0.2, 0.25) is 17.7 Å². The van der Waals surface area contributed by atoms with Gasteiger partial charge in [0.1, 0.15) is 23.8 Å². The molecule has 18 heteroatoms. The van der Waals surface area contributed by atoms with Crippen LogP contribution in [0.3, 0.4) is 0 Å². The molecule has 76 heavy (non-hydrogen) atoms. The monoisotopic (exact) mass is 1040 g/mol. The lowest BCUT2D eigenvalue weighted by molar-refractivity contribution is -0.134. The average molecular weight is 1040 g/mol. The fourth-order valence-corrected chi connectivity index (χ4v) is 12.3. The van der Waals surface area contributed by atoms with E-state index < -0.39 is 17.5 Å². The second kappa shape index (κ2) is 20.9. The molecule has 3 unspecified atom stereocenters. The molecule has 7 aromatic rings. The molecular formula is C58H61N9O8S. The number of fused-ring (bicyclic) bond motifs is 5. The second-order valence-corrected chi connectivity index (χ2v) is 22.2. The van der Waals surface area contributed by atoms with Gasteiger partial charge >= 0.3 is 5.97 Å². The predicted octanol–water partition coefficient (Wildman–Crippen LogP) is 8.87. The maximum atomic E-state index is 14.1. The standard InChI is InChI=1S/C58H61N9O8S/c1-33-38(39-21-23-48(61-52(39)56(72)75-58(2,3)4)66-26-25-34-11-8-13-40(43(34)31-66)54(70)63-57-60-44-15-6-7-18-47(44)76-57)12-10-17-46(33)74-28-27-73-37-29-35-19-20-36(30-37)67(35)32-50(69)59-45-16-9-14-41-51(64-65(5)53(41)45)42-22-24-49(68)62-55(42)71/h6-18,21,23,35-37,42H,19-20,22,24-32H2,1-5H3,(H,59,69)(H,60,63,70)(H,62,68,71). The van der Waals surface area contributed by atoms with Crippen LogP contribution in [0.25, 0.3) is 32.2 Å². The molecule has 3 saturated heterocycles. The van der Waals surface area contributed by atoms with Crippen molar-refractivity contribution in [2.75, 3.05) is 41.8 Å². The maximum absolute atomic E-state index is 14.1. The Balaban J connectivity index is 0.721. The first-order valence-electron chi connectivity index (χ1n) is 26.1. The van der Waals surface area contributed by atoms with Crippen molar-refractivity contribution < 1.29 is 38.2 Å². The molecule has 0 spiro atoms. The van der Waals surface area contributed by atoms with E-state index in [2.05, 4.69) is 41.9 Å². The van der Waals surface area contributed by atoms with E-state index in [0.29, 0.717) is 78.4 Å². The molecule has 4 aromatic carbocycles. The zero-order valence-corrected chi connectivity index (χ0v) is 44.1. The summed E-state index contributed by atoms with van der Waals surface area (Å²) in [5.41, 5.74) is 7.03. The van der Waals surface area contributed by atoms with Crippen LogP contribution in [0.4, 0.5) is 16.6 Å². The number of carbonyl (C=O) groups is 5. The fraction of sp³-hybridized carbons (Fsp3) is 0.379. The van der Waals surface area contributed by atoms with Crippen LogP contribution in [0.1, 0.15) is 108 Å². The predicted molar refractivity (Wildman–Crippen MR) is 291 cm³/mol. The number of para-hydroxylation sites is 2. The number of nitrogens with zero attached hydrogens (tertiary/aromatic N) is 6. The summed E-state index contributed by atoms with van der Waals surface area (Å²) in [5.74, 6) is -0.777. The van der Waals surface area contributed by atoms with Gasteiger partial charge in [0.15, 0.2) is 10.8 Å². The molecule has 2 bridgehead atoms. The van der Waals surface area contributed by atoms with Crippen molar-refractivity contribution in [2.24, 2.45) is 7.05 Å². The quantitative estimate of drug-likeness (QED) is 0.0531. The van der Waals surface area contributed by atoms with E-state index in [1.165, 1.54) is 11.3 Å². The first-order valence-corrected chi connectivity index (χ1v) is 26.9. The summed E-state index contributed by atoms with van der Waals surface area (Å²) in [7, 11) is 1.80. The van der Waals surface area contributed by atoms with Gasteiger partial charge in [-0.05, 0) is 131 Å². The van der Waals surface area contributed by atoms with Crippen molar-refractivity contribution in [1.29, 1.82) is 0 Å². The number of rotatable bonds is 14. The van der Waals surface area contributed by atoms with Gasteiger partial charge in [-0.2, -0.15) is 5.10 Å². The lowest BCUT2D eigenvalue weighted by atomic mass is 9.92. The highest BCUT2D eigenvalue weighted by atomic mass is 32.1. The second-order valence-electron chi connectivity index (χ2n) is 21.2. The Morgan fingerprint density at radius 3 is 2.42 bits per heavy atom. The number of imide groups is 1. The molecule has 392 valence electrons. The molecule has 4 amide bonds. The van der Waals surface area contributed by atoms with Crippen LogP contribution < -0.4 is 25.6 Å². The highest BCUT2D eigenvalue weighted by molar-refractivity contribution is 7.22. The molecule has 4 aliphatic rings. The first kappa shape index (κ1) is 50.6. The van der Waals surface area contributed by atoms with Crippen LogP contribution in [-0.2, 0) is 43.9 Å². The lowest BCUT2D eigenvalue weighted by Crippen LogP contribution is -2.48. The number of ether oxygens (including phenoxy) is 3. The number of hydrogen-bond acceptors (Lipinski definition) is 14. The topological polar surface area (TPSA) is 199 Å². The number of benzene rings is 4. The Labute approximate surface area is 444 Å². The third kappa shape index (κ3) is 10.4. The molecule has 3 N–H and O–H groups in total. The minimum absolute atomic E-state index is 0.0318. The van der Waals surface area contributed by atoms with Crippen LogP contribution in [0, 0.1) is 6.92 Å². The van der Waals surface area contributed by atoms with Gasteiger partial charge < -0.3 is 24.4 Å². The number of esters is 1. The van der Waals surface area contributed by atoms with E-state index in [-0.39, 0.29) is 60.5 Å². The van der Waals surface area contributed by atoms with Crippen LogP contribution in [0.15, 0.2) is 91.0 Å². The number of aromatic nitrogens is 4. The van der Waals surface area contributed by atoms with E-state index in [0.717, 1.165) is 69.1 Å². The number of aryl methyl sites for hydroxylation is 1. The molecule has 0 radical (unpaired) electrons. The van der Waals surface area contributed by atoms with Crippen molar-refractivity contribution in [2.45, 2.75) is 109 Å². The molecule has 17 nitrogen and oxygen atoms in total. The third-order valence-electron chi connectivity index (χ3n) is 15.0. The minimum atomic E-state index is -0.767. The number of piperidine rings is 2. The fourth-order valence-electron chi connectivity index (χ4n) is 11.5. The van der Waals surface area contributed by atoms with E-state index in [1.54, 1.807) is 11.7 Å². The number of carbonyl (C=O) groups excluding carboxylic acids is 5. The zero-order valence-electron chi connectivity index (χ0n) is 43.3. The summed E-state index contributed by atoms with van der Waals surface area (Å²) in [6.07, 6.45) is 4.98. The number of hydrogen-bond donors (Lipinski definition) is 3. The molecule has 4 aliphatic heterocycles. The van der Waals surface area contributed by atoms with E-state index in [1.807, 2.05) is 113 Å². The Hall–Kier alpha value is -7.54. The van der Waals surface area contributed by atoms with E-state index in [4.69, 9.17) is 19.2 Å². The van der Waals surface area contributed by atoms with Crippen molar-refractivity contribution in [3.8, 4) is 16.9 Å². The number of nitrogens with one attached hydrogen (secondary N) is 3. The lowest BCUT2D eigenvalue weighted by Gasteiger charge is -2.38. The Morgan fingerprint density at radius 2 is 1.63 bits per heavy atom. The summed E-state index contributed by atoms with van der Waals surface area (Å²) < 4.78 is 21.5. The molecule has 0 saturated carbocycles. The van der Waals surface area contributed by atoms with Gasteiger partial charge in [0.05, 0.1) is 52.3 Å². The van der Waals surface area contributed by atoms with E-state index in [9.17, 15) is 24.0 Å². The number of anilines is 3. The highest BCUT2D eigenvalue weighted by Crippen LogP contribution is 2.39. The number of thiazole rings is 1. The van der Waals surface area contributed by atoms with Crippen LogP contribution in [0.2, 0.25) is 0 Å². The van der Waals surface area contributed by atoms with Gasteiger partial charge in [-0.1, -0.05) is 59.9 Å². The number of amides is 4. The van der Waals surface area contributed by atoms with Gasteiger partial charge in [0.25, 0.3) is 5.91 Å². The molecule has 11 rings (SSSR count). The molecule has 0 aliphatic carbocycles. The molecule has 7 heterocycles.